The molecule has 0 N–H and O–H groups in total. The Labute approximate surface area is 789 Å². The molecular formula is C126H69N9O2S. The normalized spacial score (nSPS) is 12.3. The van der Waals surface area contributed by atoms with E-state index in [1.165, 1.54) is 118 Å². The van der Waals surface area contributed by atoms with Gasteiger partial charge in [-0.2, -0.15) is 0 Å². The Morgan fingerprint density at radius 1 is 0.188 bits per heavy atom. The van der Waals surface area contributed by atoms with Gasteiger partial charge in [0.2, 0.25) is 0 Å². The Balaban J connectivity index is 0.0000000959. The zero-order valence-electron chi connectivity index (χ0n) is 73.6. The fourth-order valence-corrected chi connectivity index (χ4v) is 24.0. The first kappa shape index (κ1) is 75.2. The van der Waals surface area contributed by atoms with Crippen molar-refractivity contribution < 1.29 is 8.83 Å². The minimum absolute atomic E-state index is 0.861. The van der Waals surface area contributed by atoms with Gasteiger partial charge in [0.15, 0.2) is 17.5 Å². The van der Waals surface area contributed by atoms with Gasteiger partial charge in [-0.3, -0.25) is 13.7 Å². The Bertz CT molecular complexity index is 10400. The molecule has 0 unspecified atom stereocenters. The second-order valence-corrected chi connectivity index (χ2v) is 37.6. The molecule has 0 saturated heterocycles. The molecule has 12 heterocycles. The highest BCUT2D eigenvalue weighted by Crippen LogP contribution is 2.54. The first-order valence-electron chi connectivity index (χ1n) is 46.8. The van der Waals surface area contributed by atoms with Gasteiger partial charge < -0.3 is 8.83 Å². The number of hydrogen-bond acceptors (Lipinski definition) is 9. The summed E-state index contributed by atoms with van der Waals surface area (Å²) in [7, 11) is 0. The highest BCUT2D eigenvalue weighted by Gasteiger charge is 2.33. The van der Waals surface area contributed by atoms with Crippen LogP contribution in [0.15, 0.2) is 427 Å². The van der Waals surface area contributed by atoms with Crippen LogP contribution in [0.2, 0.25) is 0 Å². The van der Waals surface area contributed by atoms with Crippen LogP contribution in [0.3, 0.4) is 0 Å². The second-order valence-electron chi connectivity index (χ2n) is 36.6. The van der Waals surface area contributed by atoms with Gasteiger partial charge in [-0.05, 0) is 223 Å². The van der Waals surface area contributed by atoms with E-state index in [9.17, 15) is 0 Å². The smallest absolute Gasteiger partial charge is 0.165 e. The molecule has 0 fully saturated rings. The summed E-state index contributed by atoms with van der Waals surface area (Å²) in [6.45, 7) is 0. The van der Waals surface area contributed by atoms with E-state index in [4.69, 9.17) is 38.7 Å². The summed E-state index contributed by atoms with van der Waals surface area (Å²) in [5.41, 5.74) is 35.8. The average Bonchev–Trinajstić information content (AvgIpc) is 1.56. The van der Waals surface area contributed by atoms with Gasteiger partial charge in [0, 0.05) is 113 Å². The minimum Gasteiger partial charge on any atom is -0.456 e. The van der Waals surface area contributed by atoms with Crippen LogP contribution in [0.5, 0.6) is 0 Å². The molecule has 0 atom stereocenters. The van der Waals surface area contributed by atoms with Gasteiger partial charge >= 0.3 is 0 Å². The van der Waals surface area contributed by atoms with Crippen molar-refractivity contribution in [2.24, 2.45) is 0 Å². The summed E-state index contributed by atoms with van der Waals surface area (Å²) in [5, 5.41) is 21.8. The van der Waals surface area contributed by atoms with E-state index in [0.29, 0.717) is 0 Å². The predicted molar refractivity (Wildman–Crippen MR) is 571 cm³/mol. The number of rotatable bonds is 3. The zero-order chi connectivity index (χ0) is 89.8. The molecule has 33 rings (SSSR count). The zero-order valence-corrected chi connectivity index (χ0v) is 74.4. The van der Waals surface area contributed by atoms with E-state index in [1.807, 2.05) is 72.0 Å². The van der Waals surface area contributed by atoms with Gasteiger partial charge in [-0.15, -0.1) is 11.3 Å². The molecule has 30 aromatic rings. The summed E-state index contributed by atoms with van der Waals surface area (Å²) < 4.78 is 22.7. The summed E-state index contributed by atoms with van der Waals surface area (Å²) in [6, 6.07) is 150. The number of benzene rings is 21. The molecule has 11 nitrogen and oxygen atoms in total. The summed E-state index contributed by atoms with van der Waals surface area (Å²) >= 11 is 1.88. The van der Waals surface area contributed by atoms with E-state index in [1.54, 1.807) is 0 Å². The molecule has 0 aliphatic carbocycles. The number of para-hydroxylation sites is 9. The van der Waals surface area contributed by atoms with Crippen LogP contribution < -0.4 is 0 Å². The lowest BCUT2D eigenvalue weighted by Crippen LogP contribution is -2.02. The number of furan rings is 2. The topological polar surface area (TPSA) is 118 Å². The van der Waals surface area contributed by atoms with Crippen LogP contribution in [-0.2, 0) is 0 Å². The van der Waals surface area contributed by atoms with E-state index in [0.717, 1.165) is 195 Å². The first-order valence-corrected chi connectivity index (χ1v) is 47.6. The molecule has 0 radical (unpaired) electrons. The van der Waals surface area contributed by atoms with Gasteiger partial charge in [-0.1, -0.05) is 273 Å². The molecule has 21 aromatic carbocycles. The molecule has 3 aliphatic rings. The first-order chi connectivity index (χ1) is 68.4. The predicted octanol–water partition coefficient (Wildman–Crippen LogP) is 33.8. The second kappa shape index (κ2) is 28.6. The van der Waals surface area contributed by atoms with Crippen molar-refractivity contribution in [1.29, 1.82) is 0 Å². The van der Waals surface area contributed by atoms with Crippen molar-refractivity contribution in [3.05, 3.63) is 419 Å². The lowest BCUT2D eigenvalue weighted by Gasteiger charge is -2.12. The highest BCUT2D eigenvalue weighted by atomic mass is 32.1. The molecule has 138 heavy (non-hydrogen) atoms. The molecule has 0 spiro atoms. The van der Waals surface area contributed by atoms with Crippen molar-refractivity contribution in [3.8, 4) is 118 Å². The van der Waals surface area contributed by atoms with Crippen LogP contribution >= 0.6 is 11.3 Å². The lowest BCUT2D eigenvalue weighted by atomic mass is 9.92. The number of thiophene rings is 1. The highest BCUT2D eigenvalue weighted by molar-refractivity contribution is 7.26. The molecule has 0 amide bonds. The average molecular weight is 1770 g/mol. The third-order valence-electron chi connectivity index (χ3n) is 29.1. The number of aromatic nitrogens is 9. The fraction of sp³-hybridized carbons (Fsp3) is 0. The van der Waals surface area contributed by atoms with Crippen LogP contribution in [0.1, 0.15) is 0 Å². The van der Waals surface area contributed by atoms with Gasteiger partial charge in [-0.25, -0.2) is 29.9 Å². The van der Waals surface area contributed by atoms with Crippen molar-refractivity contribution in [3.63, 3.8) is 0 Å². The van der Waals surface area contributed by atoms with Crippen molar-refractivity contribution in [1.82, 2.24) is 43.6 Å². The molecule has 636 valence electrons. The largest absolute Gasteiger partial charge is 0.456 e. The molecule has 0 bridgehead atoms. The molecule has 9 aromatic heterocycles. The van der Waals surface area contributed by atoms with Gasteiger partial charge in [0.25, 0.3) is 0 Å². The Morgan fingerprint density at radius 3 is 1.00 bits per heavy atom. The lowest BCUT2D eigenvalue weighted by molar-refractivity contribution is 0.669. The molecule has 0 saturated carbocycles. The summed E-state index contributed by atoms with van der Waals surface area (Å²) in [6.07, 6.45) is 0. The maximum Gasteiger partial charge on any atom is 0.165 e. The van der Waals surface area contributed by atoms with Crippen molar-refractivity contribution in [2.75, 3.05) is 0 Å². The maximum atomic E-state index is 6.59. The Morgan fingerprint density at radius 2 is 0.529 bits per heavy atom. The van der Waals surface area contributed by atoms with Crippen LogP contribution in [0.25, 0.3) is 313 Å². The van der Waals surface area contributed by atoms with Gasteiger partial charge in [0.05, 0.1) is 66.2 Å². The number of fused-ring (bicyclic) bond motifs is 41. The maximum absolute atomic E-state index is 6.59. The van der Waals surface area contributed by atoms with E-state index in [2.05, 4.69) is 372 Å². The SMILES string of the molecule is c1ccc2c(c1)-c1nc3ccccc3nc1-n1c3ccccc3c3cc(-c4ccc5c(c4)oc4c6ccccc6ccc54)cc-2c31.c1ccc2c(c1)-c1nc3ccccc3nc1-n1c3ccccc3c3cc(-c4ccc5c(c4)oc4cc6ccccc6cc45)cc-2c31.c1ccc2c(c1)-c1nc3ccccc3nc1-n1c3ccccc3c3cc(-c4ccc5c(c4)sc4ccc6ccccc6c45)cc-2c31. The minimum atomic E-state index is 0.861. The van der Waals surface area contributed by atoms with E-state index >= 15 is 0 Å². The fourth-order valence-electron chi connectivity index (χ4n) is 22.9. The van der Waals surface area contributed by atoms with Crippen LogP contribution in [0, 0.1) is 0 Å². The van der Waals surface area contributed by atoms with E-state index in [-0.39, 0.29) is 0 Å². The molecular weight excluding hydrogens is 1700 g/mol. The Kier molecular flexibility index (Phi) is 15.6. The summed E-state index contributed by atoms with van der Waals surface area (Å²) in [5.74, 6) is 2.60. The number of hydrogen-bond donors (Lipinski definition) is 0. The van der Waals surface area contributed by atoms with Crippen molar-refractivity contribution >= 4 is 206 Å². The third kappa shape index (κ3) is 10.9. The van der Waals surface area contributed by atoms with Crippen LogP contribution in [-0.4, -0.2) is 43.6 Å². The monoisotopic (exact) mass is 1770 g/mol. The molecule has 3 aliphatic heterocycles. The van der Waals surface area contributed by atoms with Gasteiger partial charge in [0.1, 0.15) is 39.4 Å². The number of nitrogens with zero attached hydrogens (tertiary/aromatic N) is 9. The van der Waals surface area contributed by atoms with Crippen LogP contribution in [0.4, 0.5) is 0 Å². The Hall–Kier alpha value is -18.4. The molecule has 12 heteroatoms. The van der Waals surface area contributed by atoms with E-state index < -0.39 is 0 Å². The third-order valence-corrected chi connectivity index (χ3v) is 30.2. The quantitative estimate of drug-likeness (QED) is 0.172. The standard InChI is InChI=1S/2C42H23N3O.C42H23N3S/c1-2-10-27-24(9-1)17-20-32-30-19-18-25(23-38(30)46-41(27)32)26-21-33-28-11-3-4-13-31(28)39-42(44-36-15-7-6-14-35(36)43-39)45-37-16-8-5-12-29(37)34(22-26)40(33)45;1-2-10-25-22-39-32(19-24(25)9-1)30-18-17-26(23-38(30)46-39)27-20-33-28-11-3-4-13-31(28)40-42(44-36-15-7-6-14-35(36)43-40)45-37-16-8-5-12-29(37)34(21-27)41(33)45;1-2-10-27-24(9-1)18-20-37-39(27)31-19-17-25(23-38(31)46-37)26-21-32-28-11-3-4-13-30(28)40-42(44-35-15-7-6-14-34(35)43-40)45-36-16-8-5-12-29(36)33(22-26)41(32)45/h3*1-23H. The summed E-state index contributed by atoms with van der Waals surface area (Å²) in [4.78, 5) is 31.5. The van der Waals surface area contributed by atoms with Crippen molar-refractivity contribution in [2.45, 2.75) is 0 Å².